The molecule has 0 aliphatic carbocycles. The van der Waals surface area contributed by atoms with Crippen LogP contribution in [-0.4, -0.2) is 52.1 Å². The van der Waals surface area contributed by atoms with E-state index in [4.69, 9.17) is 30.5 Å². The second-order valence-corrected chi connectivity index (χ2v) is 8.95. The molecule has 0 aromatic heterocycles. The molecule has 0 N–H and O–H groups in total. The summed E-state index contributed by atoms with van der Waals surface area (Å²) in [5.41, 5.74) is 0.710. The predicted molar refractivity (Wildman–Crippen MR) is 115 cm³/mol. The van der Waals surface area contributed by atoms with Crippen molar-refractivity contribution in [3.63, 3.8) is 0 Å². The molecule has 8 nitrogen and oxygen atoms in total. The number of fused-ring (bicyclic) bond motifs is 1. The van der Waals surface area contributed by atoms with Gasteiger partial charge in [-0.15, -0.1) is 0 Å². The maximum absolute atomic E-state index is 13.0. The van der Waals surface area contributed by atoms with Crippen molar-refractivity contribution in [2.24, 2.45) is 0 Å². The summed E-state index contributed by atoms with van der Waals surface area (Å²) in [6, 6.07) is 7.49. The first-order valence-electron chi connectivity index (χ1n) is 9.75. The maximum Gasteiger partial charge on any atom is 0.338 e. The number of ether oxygens (including phenoxy) is 4. The topological polar surface area (TPSA) is 91.4 Å². The predicted octanol–water partition coefficient (Wildman–Crippen LogP) is 3.51. The minimum Gasteiger partial charge on any atom is -0.495 e. The SMILES string of the molecule is CCN(CC)S(=O)(=O)c1cc(C(=O)OCc2cc(Cl)c3c(c2)OCCO3)ccc1OC. The van der Waals surface area contributed by atoms with E-state index in [0.29, 0.717) is 48.4 Å². The number of esters is 1. The van der Waals surface area contributed by atoms with Crippen LogP contribution in [0.4, 0.5) is 0 Å². The van der Waals surface area contributed by atoms with Crippen LogP contribution in [0.15, 0.2) is 35.2 Å². The first kappa shape index (κ1) is 23.2. The van der Waals surface area contributed by atoms with Crippen LogP contribution in [0.3, 0.4) is 0 Å². The molecule has 0 amide bonds. The molecule has 31 heavy (non-hydrogen) atoms. The number of benzene rings is 2. The number of rotatable bonds is 8. The largest absolute Gasteiger partial charge is 0.495 e. The molecule has 2 aromatic carbocycles. The van der Waals surface area contributed by atoms with Crippen molar-refractivity contribution in [1.82, 2.24) is 4.31 Å². The monoisotopic (exact) mass is 469 g/mol. The van der Waals surface area contributed by atoms with E-state index in [1.807, 2.05) is 0 Å². The fourth-order valence-electron chi connectivity index (χ4n) is 3.19. The first-order valence-corrected chi connectivity index (χ1v) is 11.6. The highest BCUT2D eigenvalue weighted by Gasteiger charge is 2.27. The third-order valence-corrected chi connectivity index (χ3v) is 7.10. The van der Waals surface area contributed by atoms with Gasteiger partial charge in [0.05, 0.1) is 17.7 Å². The van der Waals surface area contributed by atoms with Crippen LogP contribution < -0.4 is 14.2 Å². The van der Waals surface area contributed by atoms with E-state index in [1.54, 1.807) is 26.0 Å². The minimum atomic E-state index is -3.83. The van der Waals surface area contributed by atoms with Crippen LogP contribution in [0.1, 0.15) is 29.8 Å². The zero-order valence-corrected chi connectivity index (χ0v) is 19.1. The molecule has 0 radical (unpaired) electrons. The summed E-state index contributed by atoms with van der Waals surface area (Å²) in [7, 11) is -2.46. The lowest BCUT2D eigenvalue weighted by atomic mass is 10.2. The van der Waals surface area contributed by atoms with Gasteiger partial charge in [0, 0.05) is 13.1 Å². The van der Waals surface area contributed by atoms with Crippen LogP contribution in [0.5, 0.6) is 17.2 Å². The van der Waals surface area contributed by atoms with Gasteiger partial charge in [0.15, 0.2) is 11.5 Å². The number of carbonyl (C=O) groups excluding carboxylic acids is 1. The molecule has 0 atom stereocenters. The third-order valence-electron chi connectivity index (χ3n) is 4.75. The lowest BCUT2D eigenvalue weighted by Crippen LogP contribution is -2.31. The van der Waals surface area contributed by atoms with E-state index in [9.17, 15) is 13.2 Å². The molecule has 0 unspecified atom stereocenters. The second-order valence-electron chi connectivity index (χ2n) is 6.63. The Balaban J connectivity index is 1.82. The molecule has 1 aliphatic rings. The Labute approximate surface area is 186 Å². The van der Waals surface area contributed by atoms with E-state index in [0.717, 1.165) is 0 Å². The molecule has 0 spiro atoms. The Morgan fingerprint density at radius 2 is 1.84 bits per heavy atom. The van der Waals surface area contributed by atoms with Gasteiger partial charge >= 0.3 is 5.97 Å². The first-order chi connectivity index (χ1) is 14.8. The summed E-state index contributed by atoms with van der Waals surface area (Å²) in [5.74, 6) is 0.429. The number of sulfonamides is 1. The number of halogens is 1. The molecule has 0 fully saturated rings. The van der Waals surface area contributed by atoms with Crippen molar-refractivity contribution >= 4 is 27.6 Å². The Kier molecular flexibility index (Phi) is 7.30. The summed E-state index contributed by atoms with van der Waals surface area (Å²) < 4.78 is 48.8. The normalized spacial score (nSPS) is 13.2. The van der Waals surface area contributed by atoms with Gasteiger partial charge in [0.2, 0.25) is 10.0 Å². The molecule has 10 heteroatoms. The van der Waals surface area contributed by atoms with Gasteiger partial charge in [-0.25, -0.2) is 13.2 Å². The van der Waals surface area contributed by atoms with E-state index < -0.39 is 16.0 Å². The van der Waals surface area contributed by atoms with Crippen molar-refractivity contribution in [3.05, 3.63) is 46.5 Å². The molecule has 2 aromatic rings. The average molecular weight is 470 g/mol. The summed E-state index contributed by atoms with van der Waals surface area (Å²) in [6.07, 6.45) is 0. The lowest BCUT2D eigenvalue weighted by molar-refractivity contribution is 0.0471. The van der Waals surface area contributed by atoms with Crippen LogP contribution in [0.2, 0.25) is 5.02 Å². The van der Waals surface area contributed by atoms with E-state index in [-0.39, 0.29) is 22.8 Å². The Morgan fingerprint density at radius 1 is 1.13 bits per heavy atom. The van der Waals surface area contributed by atoms with Crippen molar-refractivity contribution < 1.29 is 32.2 Å². The molecule has 1 heterocycles. The minimum absolute atomic E-state index is 0.0701. The zero-order valence-electron chi connectivity index (χ0n) is 17.5. The highest BCUT2D eigenvalue weighted by molar-refractivity contribution is 7.89. The maximum atomic E-state index is 13.0. The molecule has 1 aliphatic heterocycles. The van der Waals surface area contributed by atoms with Crippen molar-refractivity contribution in [2.45, 2.75) is 25.3 Å². The smallest absolute Gasteiger partial charge is 0.338 e. The van der Waals surface area contributed by atoms with Crippen molar-refractivity contribution in [2.75, 3.05) is 33.4 Å². The number of carbonyl (C=O) groups is 1. The molecular weight excluding hydrogens is 446 g/mol. The highest BCUT2D eigenvalue weighted by Crippen LogP contribution is 2.38. The fourth-order valence-corrected chi connectivity index (χ4v) is 5.12. The van der Waals surface area contributed by atoms with Gasteiger partial charge in [-0.1, -0.05) is 25.4 Å². The van der Waals surface area contributed by atoms with Crippen LogP contribution in [-0.2, 0) is 21.4 Å². The summed E-state index contributed by atoms with van der Waals surface area (Å²) in [5, 5.41) is 0.361. The quantitative estimate of drug-likeness (QED) is 0.546. The number of methoxy groups -OCH3 is 1. The van der Waals surface area contributed by atoms with Gasteiger partial charge in [0.25, 0.3) is 0 Å². The van der Waals surface area contributed by atoms with Crippen LogP contribution >= 0.6 is 11.6 Å². The molecule has 0 saturated heterocycles. The van der Waals surface area contributed by atoms with Gasteiger partial charge < -0.3 is 18.9 Å². The van der Waals surface area contributed by atoms with Crippen molar-refractivity contribution in [1.29, 1.82) is 0 Å². The van der Waals surface area contributed by atoms with Gasteiger partial charge in [-0.05, 0) is 35.9 Å². The van der Waals surface area contributed by atoms with Gasteiger partial charge in [-0.2, -0.15) is 4.31 Å². The average Bonchev–Trinajstić information content (AvgIpc) is 2.77. The molecule has 3 rings (SSSR count). The van der Waals surface area contributed by atoms with E-state index >= 15 is 0 Å². The lowest BCUT2D eigenvalue weighted by Gasteiger charge is -2.21. The second kappa shape index (κ2) is 9.76. The summed E-state index contributed by atoms with van der Waals surface area (Å²) in [4.78, 5) is 12.5. The van der Waals surface area contributed by atoms with Crippen LogP contribution in [0.25, 0.3) is 0 Å². The molecular formula is C21H24ClNO7S. The number of hydrogen-bond donors (Lipinski definition) is 0. The van der Waals surface area contributed by atoms with Gasteiger partial charge in [0.1, 0.15) is 30.5 Å². The Hall–Kier alpha value is -2.49. The van der Waals surface area contributed by atoms with E-state index in [2.05, 4.69) is 0 Å². The Bertz CT molecular complexity index is 1070. The standard InChI is InChI=1S/C21H24ClNO7S/c1-4-23(5-2)31(25,26)19-12-15(6-7-17(19)27-3)21(24)30-13-14-10-16(22)20-18(11-14)28-8-9-29-20/h6-7,10-12H,4-5,8-9,13H2,1-3H3. The fraction of sp³-hybridized carbons (Fsp3) is 0.381. The van der Waals surface area contributed by atoms with Gasteiger partial charge in [-0.3, -0.25) is 0 Å². The summed E-state index contributed by atoms with van der Waals surface area (Å²) >= 11 is 6.21. The van der Waals surface area contributed by atoms with Crippen LogP contribution in [0, 0.1) is 0 Å². The zero-order chi connectivity index (χ0) is 22.6. The number of hydrogen-bond acceptors (Lipinski definition) is 7. The van der Waals surface area contributed by atoms with E-state index in [1.165, 1.54) is 29.6 Å². The number of nitrogens with zero attached hydrogens (tertiary/aromatic N) is 1. The highest BCUT2D eigenvalue weighted by atomic mass is 35.5. The molecule has 0 bridgehead atoms. The summed E-state index contributed by atoms with van der Waals surface area (Å²) in [6.45, 7) is 4.82. The third kappa shape index (κ3) is 4.89. The molecule has 168 valence electrons. The van der Waals surface area contributed by atoms with Crippen molar-refractivity contribution in [3.8, 4) is 17.2 Å². The Morgan fingerprint density at radius 3 is 2.52 bits per heavy atom. The molecule has 0 saturated carbocycles.